The molecule has 1 fully saturated rings. The lowest BCUT2D eigenvalue weighted by molar-refractivity contribution is -0.140. The normalized spacial score (nSPS) is 23.3. The van der Waals surface area contributed by atoms with E-state index in [1.165, 1.54) is 25.7 Å². The molecule has 1 heterocycles. The maximum Gasteiger partial charge on any atom is 0.223 e. The van der Waals surface area contributed by atoms with Crippen LogP contribution in [-0.4, -0.2) is 22.9 Å². The summed E-state index contributed by atoms with van der Waals surface area (Å²) in [6, 6.07) is 0. The predicted molar refractivity (Wildman–Crippen MR) is 63.7 cm³/mol. The summed E-state index contributed by atoms with van der Waals surface area (Å²) in [5.74, 6) is 1.01. The van der Waals surface area contributed by atoms with E-state index in [2.05, 4.69) is 27.7 Å². The number of likely N-dealkylation sites (tertiary alicyclic amines) is 1. The largest absolute Gasteiger partial charge is 0.338 e. The second-order valence-electron chi connectivity index (χ2n) is 5.72. The summed E-state index contributed by atoms with van der Waals surface area (Å²) < 4.78 is 0. The molecule has 0 bridgehead atoms. The minimum Gasteiger partial charge on any atom is -0.338 e. The van der Waals surface area contributed by atoms with Crippen molar-refractivity contribution >= 4 is 5.91 Å². The van der Waals surface area contributed by atoms with Crippen molar-refractivity contribution in [2.75, 3.05) is 6.54 Å². The van der Waals surface area contributed by atoms with Crippen molar-refractivity contribution < 1.29 is 4.79 Å². The molecule has 1 aliphatic heterocycles. The zero-order chi connectivity index (χ0) is 11.5. The monoisotopic (exact) mass is 211 g/mol. The molecule has 0 radical (unpaired) electrons. The van der Waals surface area contributed by atoms with E-state index in [0.717, 1.165) is 13.0 Å². The molecule has 2 nitrogen and oxygen atoms in total. The van der Waals surface area contributed by atoms with Crippen molar-refractivity contribution in [3.05, 3.63) is 0 Å². The van der Waals surface area contributed by atoms with Crippen LogP contribution in [0.25, 0.3) is 0 Å². The first-order chi connectivity index (χ1) is 6.95. The van der Waals surface area contributed by atoms with E-state index in [1.54, 1.807) is 0 Å². The third kappa shape index (κ3) is 3.51. The van der Waals surface area contributed by atoms with Gasteiger partial charge in [0.15, 0.2) is 0 Å². The number of piperidine rings is 1. The fourth-order valence-corrected chi connectivity index (χ4v) is 2.34. The van der Waals surface area contributed by atoms with Gasteiger partial charge in [0.1, 0.15) is 0 Å². The third-order valence-electron chi connectivity index (χ3n) is 3.30. The quantitative estimate of drug-likeness (QED) is 0.702. The van der Waals surface area contributed by atoms with Crippen LogP contribution < -0.4 is 0 Å². The number of carbonyl (C=O) groups excluding carboxylic acids is 1. The number of hydrogen-bond acceptors (Lipinski definition) is 1. The van der Waals surface area contributed by atoms with Gasteiger partial charge in [-0.05, 0) is 39.5 Å². The van der Waals surface area contributed by atoms with Crippen LogP contribution in [-0.2, 0) is 4.79 Å². The van der Waals surface area contributed by atoms with Gasteiger partial charge in [0.2, 0.25) is 5.91 Å². The first-order valence-corrected chi connectivity index (χ1v) is 6.25. The molecule has 0 aliphatic carbocycles. The molecule has 0 spiro atoms. The van der Waals surface area contributed by atoms with Crippen molar-refractivity contribution in [3.63, 3.8) is 0 Å². The standard InChI is InChI=1S/C13H25NO/c1-5-6-7-11-8-9-14(12(15)10-11)13(2,3)4/h11H,5-10H2,1-4H3. The van der Waals surface area contributed by atoms with E-state index in [0.29, 0.717) is 11.8 Å². The fourth-order valence-electron chi connectivity index (χ4n) is 2.34. The summed E-state index contributed by atoms with van der Waals surface area (Å²) >= 11 is 0. The highest BCUT2D eigenvalue weighted by Gasteiger charge is 2.31. The van der Waals surface area contributed by atoms with Gasteiger partial charge in [0.05, 0.1) is 0 Å². The summed E-state index contributed by atoms with van der Waals surface area (Å²) in [7, 11) is 0. The Kier molecular flexibility index (Phi) is 4.18. The van der Waals surface area contributed by atoms with Crippen molar-refractivity contribution in [2.24, 2.45) is 5.92 Å². The maximum atomic E-state index is 11.9. The second-order valence-corrected chi connectivity index (χ2v) is 5.72. The average Bonchev–Trinajstić information content (AvgIpc) is 2.12. The van der Waals surface area contributed by atoms with Gasteiger partial charge >= 0.3 is 0 Å². The molecular weight excluding hydrogens is 186 g/mol. The van der Waals surface area contributed by atoms with Gasteiger partial charge in [-0.1, -0.05) is 19.8 Å². The van der Waals surface area contributed by atoms with Crippen LogP contribution in [0.5, 0.6) is 0 Å². The minimum atomic E-state index is 0.00676. The first kappa shape index (κ1) is 12.5. The molecule has 88 valence electrons. The molecule has 1 saturated heterocycles. The molecule has 0 N–H and O–H groups in total. The van der Waals surface area contributed by atoms with E-state index >= 15 is 0 Å². The van der Waals surface area contributed by atoms with Crippen LogP contribution >= 0.6 is 0 Å². The molecule has 1 atom stereocenters. The average molecular weight is 211 g/mol. The van der Waals surface area contributed by atoms with Gasteiger partial charge in [0.25, 0.3) is 0 Å². The Balaban J connectivity index is 2.45. The number of amides is 1. The van der Waals surface area contributed by atoms with E-state index in [1.807, 2.05) is 4.90 Å². The van der Waals surface area contributed by atoms with Gasteiger partial charge in [0, 0.05) is 18.5 Å². The van der Waals surface area contributed by atoms with Crippen LogP contribution in [0.1, 0.15) is 59.8 Å². The number of carbonyl (C=O) groups is 1. The molecule has 0 aromatic carbocycles. The summed E-state index contributed by atoms with van der Waals surface area (Å²) in [5.41, 5.74) is 0.00676. The number of unbranched alkanes of at least 4 members (excludes halogenated alkanes) is 1. The van der Waals surface area contributed by atoms with Gasteiger partial charge < -0.3 is 4.90 Å². The van der Waals surface area contributed by atoms with Crippen molar-refractivity contribution in [1.82, 2.24) is 4.90 Å². The first-order valence-electron chi connectivity index (χ1n) is 6.25. The van der Waals surface area contributed by atoms with Gasteiger partial charge in [-0.3, -0.25) is 4.79 Å². The highest BCUT2D eigenvalue weighted by Crippen LogP contribution is 2.27. The van der Waals surface area contributed by atoms with Crippen LogP contribution in [0.15, 0.2) is 0 Å². The Bertz CT molecular complexity index is 217. The molecule has 0 saturated carbocycles. The maximum absolute atomic E-state index is 11.9. The fraction of sp³-hybridized carbons (Fsp3) is 0.923. The third-order valence-corrected chi connectivity index (χ3v) is 3.30. The van der Waals surface area contributed by atoms with Crippen LogP contribution in [0.4, 0.5) is 0 Å². The lowest BCUT2D eigenvalue weighted by Gasteiger charge is -2.40. The molecule has 2 heteroatoms. The van der Waals surface area contributed by atoms with E-state index in [9.17, 15) is 4.79 Å². The van der Waals surface area contributed by atoms with Crippen molar-refractivity contribution in [2.45, 2.75) is 65.3 Å². The summed E-state index contributed by atoms with van der Waals surface area (Å²) in [4.78, 5) is 14.0. The van der Waals surface area contributed by atoms with Gasteiger partial charge in [-0.25, -0.2) is 0 Å². The molecule has 1 rings (SSSR count). The highest BCUT2D eigenvalue weighted by molar-refractivity contribution is 5.77. The smallest absolute Gasteiger partial charge is 0.223 e. The summed E-state index contributed by atoms with van der Waals surface area (Å²) in [6.45, 7) is 9.54. The molecule has 1 unspecified atom stereocenters. The molecule has 0 aromatic heterocycles. The van der Waals surface area contributed by atoms with E-state index in [-0.39, 0.29) is 5.54 Å². The van der Waals surface area contributed by atoms with Crippen LogP contribution in [0.3, 0.4) is 0 Å². The zero-order valence-electron chi connectivity index (χ0n) is 10.7. The predicted octanol–water partition coefficient (Wildman–Crippen LogP) is 3.21. The SMILES string of the molecule is CCCCC1CCN(C(C)(C)C)C(=O)C1. The number of nitrogens with zero attached hydrogens (tertiary/aromatic N) is 1. The Morgan fingerprint density at radius 3 is 2.53 bits per heavy atom. The van der Waals surface area contributed by atoms with E-state index in [4.69, 9.17) is 0 Å². The van der Waals surface area contributed by atoms with Crippen LogP contribution in [0, 0.1) is 5.92 Å². The lowest BCUT2D eigenvalue weighted by Crippen LogP contribution is -2.49. The number of rotatable bonds is 3. The summed E-state index contributed by atoms with van der Waals surface area (Å²) in [5, 5.41) is 0. The molecular formula is C13H25NO. The molecule has 15 heavy (non-hydrogen) atoms. The summed E-state index contributed by atoms with van der Waals surface area (Å²) in [6.07, 6.45) is 5.72. The van der Waals surface area contributed by atoms with E-state index < -0.39 is 0 Å². The second kappa shape index (κ2) is 5.00. The minimum absolute atomic E-state index is 0.00676. The molecule has 0 aromatic rings. The van der Waals surface area contributed by atoms with Crippen molar-refractivity contribution in [1.29, 1.82) is 0 Å². The van der Waals surface area contributed by atoms with Gasteiger partial charge in [-0.2, -0.15) is 0 Å². The van der Waals surface area contributed by atoms with Crippen LogP contribution in [0.2, 0.25) is 0 Å². The molecule has 1 amide bonds. The topological polar surface area (TPSA) is 20.3 Å². The lowest BCUT2D eigenvalue weighted by atomic mass is 9.89. The Labute approximate surface area is 94.0 Å². The number of hydrogen-bond donors (Lipinski definition) is 0. The van der Waals surface area contributed by atoms with Crippen molar-refractivity contribution in [3.8, 4) is 0 Å². The van der Waals surface area contributed by atoms with Gasteiger partial charge in [-0.15, -0.1) is 0 Å². The Morgan fingerprint density at radius 2 is 2.07 bits per heavy atom. The zero-order valence-corrected chi connectivity index (χ0v) is 10.7. The highest BCUT2D eigenvalue weighted by atomic mass is 16.2. The molecule has 1 aliphatic rings. The Hall–Kier alpha value is -0.530. The Morgan fingerprint density at radius 1 is 1.40 bits per heavy atom.